The highest BCUT2D eigenvalue weighted by molar-refractivity contribution is 7.99. The molecule has 1 aromatic heterocycles. The first-order valence-corrected chi connectivity index (χ1v) is 5.86. The Labute approximate surface area is 102 Å². The van der Waals surface area contributed by atoms with Crippen molar-refractivity contribution in [3.63, 3.8) is 0 Å². The van der Waals surface area contributed by atoms with Gasteiger partial charge in [-0.1, -0.05) is 6.08 Å². The second-order valence-electron chi connectivity index (χ2n) is 3.02. The molecule has 0 aliphatic heterocycles. The summed E-state index contributed by atoms with van der Waals surface area (Å²) in [7, 11) is 1.93. The average Bonchev–Trinajstić information content (AvgIpc) is 2.58. The van der Waals surface area contributed by atoms with Gasteiger partial charge in [0.1, 0.15) is 0 Å². The van der Waals surface area contributed by atoms with Crippen LogP contribution in [0.5, 0.6) is 0 Å². The summed E-state index contributed by atoms with van der Waals surface area (Å²) in [5.41, 5.74) is 1.10. The summed E-state index contributed by atoms with van der Waals surface area (Å²) >= 11 is 1.89. The molecular weight excluding hydrogens is 230 g/mol. The molecule has 0 unspecified atom stereocenters. The Bertz CT molecular complexity index is 275. The summed E-state index contributed by atoms with van der Waals surface area (Å²) in [6, 6.07) is 2.03. The molecule has 0 aliphatic carbocycles. The third-order valence-electron chi connectivity index (χ3n) is 1.73. The first-order chi connectivity index (χ1) is 6.83. The van der Waals surface area contributed by atoms with Gasteiger partial charge in [-0.3, -0.25) is 4.68 Å². The Morgan fingerprint density at radius 2 is 2.47 bits per heavy atom. The predicted octanol–water partition coefficient (Wildman–Crippen LogP) is 1.85. The van der Waals surface area contributed by atoms with E-state index in [9.17, 15) is 0 Å². The maximum absolute atomic E-state index is 4.28. The van der Waals surface area contributed by atoms with Gasteiger partial charge < -0.3 is 5.32 Å². The maximum Gasteiger partial charge on any atom is 0.0762 e. The van der Waals surface area contributed by atoms with Gasteiger partial charge in [0, 0.05) is 37.8 Å². The molecule has 0 saturated carbocycles. The molecule has 0 fully saturated rings. The largest absolute Gasteiger partial charge is 0.310 e. The van der Waals surface area contributed by atoms with Crippen LogP contribution in [-0.4, -0.2) is 27.8 Å². The van der Waals surface area contributed by atoms with Crippen LogP contribution in [0, 0.1) is 0 Å². The van der Waals surface area contributed by atoms with Crippen molar-refractivity contribution in [2.75, 3.05) is 18.1 Å². The van der Waals surface area contributed by atoms with E-state index in [1.165, 1.54) is 0 Å². The minimum atomic E-state index is 0. The van der Waals surface area contributed by atoms with Crippen molar-refractivity contribution in [2.24, 2.45) is 7.05 Å². The van der Waals surface area contributed by atoms with Gasteiger partial charge >= 0.3 is 0 Å². The molecule has 0 saturated heterocycles. The highest BCUT2D eigenvalue weighted by Gasteiger charge is 1.94. The van der Waals surface area contributed by atoms with Gasteiger partial charge in [-0.15, -0.1) is 19.0 Å². The lowest BCUT2D eigenvalue weighted by atomic mass is 10.4. The lowest BCUT2D eigenvalue weighted by molar-refractivity contribution is 0.680. The average molecular weight is 248 g/mol. The van der Waals surface area contributed by atoms with Crippen LogP contribution in [0.3, 0.4) is 0 Å². The molecule has 0 spiro atoms. The fourth-order valence-corrected chi connectivity index (χ4v) is 1.71. The molecule has 1 heterocycles. The number of nitrogens with zero attached hydrogens (tertiary/aromatic N) is 2. The van der Waals surface area contributed by atoms with Crippen molar-refractivity contribution in [3.8, 4) is 0 Å². The van der Waals surface area contributed by atoms with Gasteiger partial charge in [0.25, 0.3) is 0 Å². The first-order valence-electron chi connectivity index (χ1n) is 4.71. The molecule has 86 valence electrons. The fourth-order valence-electron chi connectivity index (χ4n) is 1.08. The lowest BCUT2D eigenvalue weighted by Gasteiger charge is -2.00. The van der Waals surface area contributed by atoms with Crippen molar-refractivity contribution >= 4 is 24.2 Å². The molecule has 1 N–H and O–H groups in total. The molecule has 1 aromatic rings. The van der Waals surface area contributed by atoms with Crippen LogP contribution in [0.4, 0.5) is 0 Å². The lowest BCUT2D eigenvalue weighted by Crippen LogP contribution is -2.17. The molecule has 1 rings (SSSR count). The Balaban J connectivity index is 0.00000196. The third kappa shape index (κ3) is 6.60. The van der Waals surface area contributed by atoms with Gasteiger partial charge in [0.15, 0.2) is 0 Å². The van der Waals surface area contributed by atoms with Crippen LogP contribution in [0.15, 0.2) is 24.9 Å². The summed E-state index contributed by atoms with van der Waals surface area (Å²) in [6.45, 7) is 5.55. The van der Waals surface area contributed by atoms with Crippen LogP contribution in [0.25, 0.3) is 0 Å². The number of halogens is 1. The van der Waals surface area contributed by atoms with E-state index in [1.807, 2.05) is 41.8 Å². The number of aryl methyl sites for hydroxylation is 1. The second kappa shape index (κ2) is 8.83. The molecule has 0 radical (unpaired) electrons. The van der Waals surface area contributed by atoms with Crippen LogP contribution < -0.4 is 5.32 Å². The van der Waals surface area contributed by atoms with Crippen LogP contribution in [0.1, 0.15) is 5.69 Å². The van der Waals surface area contributed by atoms with E-state index in [4.69, 9.17) is 0 Å². The number of aromatic nitrogens is 2. The zero-order valence-corrected chi connectivity index (χ0v) is 10.6. The van der Waals surface area contributed by atoms with Gasteiger partial charge in [0.2, 0.25) is 0 Å². The zero-order chi connectivity index (χ0) is 10.2. The van der Waals surface area contributed by atoms with Crippen LogP contribution in [-0.2, 0) is 13.6 Å². The topological polar surface area (TPSA) is 29.9 Å². The van der Waals surface area contributed by atoms with Gasteiger partial charge in [-0.05, 0) is 6.07 Å². The molecule has 0 bridgehead atoms. The predicted molar refractivity (Wildman–Crippen MR) is 69.7 cm³/mol. The van der Waals surface area contributed by atoms with Crippen molar-refractivity contribution in [3.05, 3.63) is 30.6 Å². The van der Waals surface area contributed by atoms with Crippen molar-refractivity contribution < 1.29 is 0 Å². The van der Waals surface area contributed by atoms with Crippen LogP contribution in [0.2, 0.25) is 0 Å². The molecular formula is C10H18ClN3S. The van der Waals surface area contributed by atoms with Gasteiger partial charge in [-0.2, -0.15) is 16.9 Å². The van der Waals surface area contributed by atoms with E-state index >= 15 is 0 Å². The zero-order valence-electron chi connectivity index (χ0n) is 8.98. The van der Waals surface area contributed by atoms with Crippen molar-refractivity contribution in [1.29, 1.82) is 0 Å². The monoisotopic (exact) mass is 247 g/mol. The molecule has 0 amide bonds. The molecule has 0 aliphatic rings. The minimum absolute atomic E-state index is 0. The molecule has 15 heavy (non-hydrogen) atoms. The Morgan fingerprint density at radius 3 is 3.07 bits per heavy atom. The summed E-state index contributed by atoms with van der Waals surface area (Å²) in [5.74, 6) is 2.16. The smallest absolute Gasteiger partial charge is 0.0762 e. The molecule has 5 heteroatoms. The van der Waals surface area contributed by atoms with Crippen LogP contribution >= 0.6 is 24.2 Å². The molecule has 0 atom stereocenters. The highest BCUT2D eigenvalue weighted by atomic mass is 35.5. The van der Waals surface area contributed by atoms with E-state index in [2.05, 4.69) is 17.0 Å². The second-order valence-corrected chi connectivity index (χ2v) is 4.17. The van der Waals surface area contributed by atoms with E-state index in [0.717, 1.165) is 30.3 Å². The van der Waals surface area contributed by atoms with Crippen molar-refractivity contribution in [2.45, 2.75) is 6.54 Å². The highest BCUT2D eigenvalue weighted by Crippen LogP contribution is 1.98. The van der Waals surface area contributed by atoms with E-state index in [1.54, 1.807) is 0 Å². The maximum atomic E-state index is 4.28. The number of hydrogen-bond acceptors (Lipinski definition) is 3. The standard InChI is InChI=1S/C10H17N3S.ClH/c1-3-7-14-8-5-11-9-10-4-6-13(2)12-10;/h3-4,6,11H,1,5,7-9H2,2H3;1H. The Morgan fingerprint density at radius 1 is 1.67 bits per heavy atom. The normalized spacial score (nSPS) is 9.67. The fraction of sp³-hybridized carbons (Fsp3) is 0.500. The Kier molecular flexibility index (Phi) is 8.56. The Hall–Kier alpha value is -0.450. The van der Waals surface area contributed by atoms with E-state index in [-0.39, 0.29) is 12.4 Å². The summed E-state index contributed by atoms with van der Waals surface area (Å²) in [6.07, 6.45) is 3.90. The molecule has 3 nitrogen and oxygen atoms in total. The number of thioether (sulfide) groups is 1. The van der Waals surface area contributed by atoms with Gasteiger partial charge in [0.05, 0.1) is 5.69 Å². The quantitative estimate of drug-likeness (QED) is 0.589. The SMILES string of the molecule is C=CCSCCNCc1ccn(C)n1.Cl. The minimum Gasteiger partial charge on any atom is -0.310 e. The van der Waals surface area contributed by atoms with E-state index < -0.39 is 0 Å². The van der Waals surface area contributed by atoms with Gasteiger partial charge in [-0.25, -0.2) is 0 Å². The summed E-state index contributed by atoms with van der Waals surface area (Å²) < 4.78 is 1.82. The summed E-state index contributed by atoms with van der Waals surface area (Å²) in [5, 5.41) is 7.62. The van der Waals surface area contributed by atoms with Crippen molar-refractivity contribution in [1.82, 2.24) is 15.1 Å². The first kappa shape index (κ1) is 14.6. The summed E-state index contributed by atoms with van der Waals surface area (Å²) in [4.78, 5) is 0. The third-order valence-corrected chi connectivity index (χ3v) is 2.70. The number of rotatable bonds is 7. The number of nitrogens with one attached hydrogen (secondary N) is 1. The molecule has 0 aromatic carbocycles. The van der Waals surface area contributed by atoms with E-state index in [0.29, 0.717) is 0 Å². The number of hydrogen-bond donors (Lipinski definition) is 1.